The van der Waals surface area contributed by atoms with Crippen LogP contribution in [-0.2, 0) is 11.0 Å². The number of para-hydroxylation sites is 1. The van der Waals surface area contributed by atoms with Gasteiger partial charge in [0, 0.05) is 40.2 Å². The fraction of sp³-hybridized carbons (Fsp3) is 0.333. The number of aromatic nitrogens is 1. The monoisotopic (exact) mass is 419 g/mol. The van der Waals surface area contributed by atoms with Crippen LogP contribution in [0.3, 0.4) is 0 Å². The van der Waals surface area contributed by atoms with Gasteiger partial charge in [0.2, 0.25) is 5.91 Å². The number of benzene rings is 1. The van der Waals surface area contributed by atoms with Gasteiger partial charge >= 0.3 is 6.18 Å². The van der Waals surface area contributed by atoms with Gasteiger partial charge in [0.15, 0.2) is 0 Å². The van der Waals surface area contributed by atoms with Crippen LogP contribution in [0.1, 0.15) is 23.3 Å². The Morgan fingerprint density at radius 3 is 2.66 bits per heavy atom. The number of alkyl halides is 3. The van der Waals surface area contributed by atoms with Crippen LogP contribution in [0.15, 0.2) is 42.6 Å². The predicted octanol–water partition coefficient (Wildman–Crippen LogP) is 5.48. The van der Waals surface area contributed by atoms with Crippen LogP contribution in [0.5, 0.6) is 0 Å². The molecule has 1 fully saturated rings. The number of halogens is 3. The Hall–Kier alpha value is -2.61. The van der Waals surface area contributed by atoms with E-state index in [0.29, 0.717) is 25.9 Å². The molecule has 152 valence electrons. The number of carbonyl (C=O) groups is 1. The second-order valence-electron chi connectivity index (χ2n) is 7.20. The molecule has 1 aliphatic rings. The molecule has 0 aliphatic carbocycles. The van der Waals surface area contributed by atoms with E-state index in [2.05, 4.69) is 28.2 Å². The number of thiophene rings is 1. The molecule has 1 saturated heterocycles. The molecule has 1 aromatic carbocycles. The van der Waals surface area contributed by atoms with Crippen molar-refractivity contribution in [3.8, 4) is 0 Å². The second kappa shape index (κ2) is 7.67. The molecular weight excluding hydrogens is 399 g/mol. The van der Waals surface area contributed by atoms with Crippen molar-refractivity contribution in [2.45, 2.75) is 25.9 Å². The van der Waals surface area contributed by atoms with Gasteiger partial charge in [-0.1, -0.05) is 12.1 Å². The Labute approximate surface area is 170 Å². The number of pyridine rings is 1. The van der Waals surface area contributed by atoms with Crippen LogP contribution in [0, 0.1) is 12.8 Å². The first kappa shape index (κ1) is 19.7. The van der Waals surface area contributed by atoms with Crippen molar-refractivity contribution >= 4 is 38.8 Å². The number of nitrogens with zero attached hydrogens (tertiary/aromatic N) is 2. The number of rotatable bonds is 3. The summed E-state index contributed by atoms with van der Waals surface area (Å²) < 4.78 is 40.6. The Kier molecular flexibility index (Phi) is 5.21. The van der Waals surface area contributed by atoms with E-state index >= 15 is 0 Å². The Bertz CT molecular complexity index is 1040. The summed E-state index contributed by atoms with van der Waals surface area (Å²) in [4.78, 5) is 20.5. The molecule has 0 spiro atoms. The van der Waals surface area contributed by atoms with Gasteiger partial charge in [-0.3, -0.25) is 4.79 Å². The number of piperidine rings is 1. The highest BCUT2D eigenvalue weighted by Gasteiger charge is 2.34. The van der Waals surface area contributed by atoms with Crippen molar-refractivity contribution in [2.75, 3.05) is 23.3 Å². The smallest absolute Gasteiger partial charge is 0.356 e. The zero-order chi connectivity index (χ0) is 20.6. The number of hydrogen-bond donors (Lipinski definition) is 1. The van der Waals surface area contributed by atoms with Crippen molar-refractivity contribution in [3.05, 3.63) is 53.0 Å². The molecule has 4 rings (SSSR count). The standard InChI is InChI=1S/C21H20F3N3OS/c1-13-12-15-18(29-13)6-9-25-19(15)27-10-7-14(8-11-27)20(28)26-17-5-3-2-4-16(17)21(22,23)24/h2-6,9,12,14H,7-8,10-11H2,1H3,(H,26,28). The van der Waals surface area contributed by atoms with Crippen LogP contribution in [0.2, 0.25) is 0 Å². The fourth-order valence-corrected chi connectivity index (χ4v) is 4.67. The molecule has 8 heteroatoms. The number of anilines is 2. The molecule has 1 amide bonds. The Morgan fingerprint density at radius 2 is 1.93 bits per heavy atom. The number of aryl methyl sites for hydroxylation is 1. The molecule has 3 aromatic rings. The van der Waals surface area contributed by atoms with Crippen molar-refractivity contribution in [3.63, 3.8) is 0 Å². The molecule has 3 heterocycles. The minimum Gasteiger partial charge on any atom is -0.356 e. The quantitative estimate of drug-likeness (QED) is 0.612. The topological polar surface area (TPSA) is 45.2 Å². The molecule has 1 N–H and O–H groups in total. The predicted molar refractivity (Wildman–Crippen MR) is 109 cm³/mol. The minimum absolute atomic E-state index is 0.187. The van der Waals surface area contributed by atoms with Crippen LogP contribution < -0.4 is 10.2 Å². The molecule has 0 bridgehead atoms. The van der Waals surface area contributed by atoms with Crippen LogP contribution in [0.4, 0.5) is 24.7 Å². The van der Waals surface area contributed by atoms with E-state index in [1.54, 1.807) is 17.5 Å². The summed E-state index contributed by atoms with van der Waals surface area (Å²) in [5, 5.41) is 3.59. The van der Waals surface area contributed by atoms with Gasteiger partial charge in [0.05, 0.1) is 11.3 Å². The van der Waals surface area contributed by atoms with E-state index in [4.69, 9.17) is 0 Å². The lowest BCUT2D eigenvalue weighted by atomic mass is 9.95. The summed E-state index contributed by atoms with van der Waals surface area (Å²) in [7, 11) is 0. The molecule has 0 radical (unpaired) electrons. The second-order valence-corrected chi connectivity index (χ2v) is 8.49. The van der Waals surface area contributed by atoms with Gasteiger partial charge in [-0.15, -0.1) is 11.3 Å². The zero-order valence-corrected chi connectivity index (χ0v) is 16.6. The summed E-state index contributed by atoms with van der Waals surface area (Å²) in [5.74, 6) is 0.225. The average molecular weight is 419 g/mol. The number of fused-ring (bicyclic) bond motifs is 1. The summed E-state index contributed by atoms with van der Waals surface area (Å²) in [6.45, 7) is 3.34. The third kappa shape index (κ3) is 4.07. The van der Waals surface area contributed by atoms with Gasteiger partial charge in [0.25, 0.3) is 0 Å². The maximum absolute atomic E-state index is 13.1. The van der Waals surface area contributed by atoms with Gasteiger partial charge in [-0.05, 0) is 44.0 Å². The first-order valence-electron chi connectivity index (χ1n) is 9.40. The van der Waals surface area contributed by atoms with E-state index in [1.807, 2.05) is 6.07 Å². The van der Waals surface area contributed by atoms with E-state index < -0.39 is 11.7 Å². The van der Waals surface area contributed by atoms with Crippen LogP contribution in [-0.4, -0.2) is 24.0 Å². The highest BCUT2D eigenvalue weighted by atomic mass is 32.1. The fourth-order valence-electron chi connectivity index (χ4n) is 3.76. The van der Waals surface area contributed by atoms with Crippen molar-refractivity contribution < 1.29 is 18.0 Å². The molecule has 1 aliphatic heterocycles. The molecule has 0 unspecified atom stereocenters. The van der Waals surface area contributed by atoms with Crippen molar-refractivity contribution in [1.29, 1.82) is 0 Å². The van der Waals surface area contributed by atoms with E-state index in [-0.39, 0.29) is 17.5 Å². The summed E-state index contributed by atoms with van der Waals surface area (Å²) in [6.07, 6.45) is -1.57. The highest BCUT2D eigenvalue weighted by Crippen LogP contribution is 2.36. The average Bonchev–Trinajstić information content (AvgIpc) is 3.08. The summed E-state index contributed by atoms with van der Waals surface area (Å²) in [6, 6.07) is 9.19. The maximum Gasteiger partial charge on any atom is 0.418 e. The first-order valence-corrected chi connectivity index (χ1v) is 10.2. The SMILES string of the molecule is Cc1cc2c(N3CCC(C(=O)Nc4ccccc4C(F)(F)F)CC3)nccc2s1. The number of carbonyl (C=O) groups excluding carboxylic acids is 1. The van der Waals surface area contributed by atoms with Gasteiger partial charge in [-0.25, -0.2) is 4.98 Å². The minimum atomic E-state index is -4.50. The Morgan fingerprint density at radius 1 is 1.21 bits per heavy atom. The lowest BCUT2D eigenvalue weighted by Crippen LogP contribution is -2.38. The third-order valence-corrected chi connectivity index (χ3v) is 6.22. The van der Waals surface area contributed by atoms with Crippen molar-refractivity contribution in [2.24, 2.45) is 5.92 Å². The maximum atomic E-state index is 13.1. The van der Waals surface area contributed by atoms with Gasteiger partial charge < -0.3 is 10.2 Å². The normalized spacial score (nSPS) is 15.7. The van der Waals surface area contributed by atoms with E-state index in [1.165, 1.54) is 27.8 Å². The molecule has 4 nitrogen and oxygen atoms in total. The molecular formula is C21H20F3N3OS. The number of nitrogens with one attached hydrogen (secondary N) is 1. The highest BCUT2D eigenvalue weighted by molar-refractivity contribution is 7.19. The molecule has 29 heavy (non-hydrogen) atoms. The first-order chi connectivity index (χ1) is 13.8. The third-order valence-electron chi connectivity index (χ3n) is 5.20. The molecule has 0 atom stereocenters. The lowest BCUT2D eigenvalue weighted by molar-refractivity contribution is -0.137. The largest absolute Gasteiger partial charge is 0.418 e. The molecule has 0 saturated carbocycles. The zero-order valence-electron chi connectivity index (χ0n) is 15.8. The van der Waals surface area contributed by atoms with Crippen molar-refractivity contribution in [1.82, 2.24) is 4.98 Å². The summed E-state index contributed by atoms with van der Waals surface area (Å²) >= 11 is 1.72. The van der Waals surface area contributed by atoms with Gasteiger partial charge in [-0.2, -0.15) is 13.2 Å². The number of amides is 1. The lowest BCUT2D eigenvalue weighted by Gasteiger charge is -2.32. The Balaban J connectivity index is 1.44. The number of hydrogen-bond acceptors (Lipinski definition) is 4. The summed E-state index contributed by atoms with van der Waals surface area (Å²) in [5.41, 5.74) is -1.01. The van der Waals surface area contributed by atoms with Crippen LogP contribution >= 0.6 is 11.3 Å². The van der Waals surface area contributed by atoms with Gasteiger partial charge in [0.1, 0.15) is 5.82 Å². The van der Waals surface area contributed by atoms with E-state index in [0.717, 1.165) is 17.3 Å². The molecule has 2 aromatic heterocycles. The van der Waals surface area contributed by atoms with E-state index in [9.17, 15) is 18.0 Å². The van der Waals surface area contributed by atoms with Crippen LogP contribution in [0.25, 0.3) is 10.1 Å².